The number of nitrogens with zero attached hydrogens (tertiary/aromatic N) is 1. The summed E-state index contributed by atoms with van der Waals surface area (Å²) >= 11 is 0. The van der Waals surface area contributed by atoms with Crippen LogP contribution in [0.5, 0.6) is 0 Å². The average molecular weight is 441 g/mol. The van der Waals surface area contributed by atoms with Gasteiger partial charge in [0.15, 0.2) is 0 Å². The highest BCUT2D eigenvalue weighted by molar-refractivity contribution is 6.10. The molecule has 7 heteroatoms. The third-order valence-corrected chi connectivity index (χ3v) is 5.49. The van der Waals surface area contributed by atoms with E-state index in [1.807, 2.05) is 42.5 Å². The Balaban J connectivity index is 1.54. The number of aliphatic carboxylic acids is 1. The Hall–Kier alpha value is -4.39. The fraction of sp³-hybridized carbons (Fsp3) is 0.115. The largest absolute Gasteiger partial charge is 0.480 e. The fourth-order valence-corrected chi connectivity index (χ4v) is 3.77. The molecule has 0 bridgehead atoms. The van der Waals surface area contributed by atoms with E-state index in [0.717, 1.165) is 16.5 Å². The lowest BCUT2D eigenvalue weighted by molar-refractivity contribution is -0.139. The summed E-state index contributed by atoms with van der Waals surface area (Å²) in [5, 5.41) is 15.9. The van der Waals surface area contributed by atoms with Gasteiger partial charge in [0.05, 0.1) is 11.3 Å². The molecule has 3 aromatic carbocycles. The molecule has 1 heterocycles. The molecular weight excluding hydrogens is 418 g/mol. The summed E-state index contributed by atoms with van der Waals surface area (Å²) in [5.74, 6) is -2.08. The number of hydrogen-bond donors (Lipinski definition) is 3. The SMILES string of the molecule is Cn1c(C(=O)Nc2ccccc2C(=O)N[C@@H](Cc2ccccc2)C(=O)O)cc2ccccc21. The number of fused-ring (bicyclic) bond motifs is 1. The topological polar surface area (TPSA) is 100 Å². The van der Waals surface area contributed by atoms with E-state index < -0.39 is 17.9 Å². The number of nitrogens with one attached hydrogen (secondary N) is 2. The van der Waals surface area contributed by atoms with Crippen LogP contribution < -0.4 is 10.6 Å². The molecule has 33 heavy (non-hydrogen) atoms. The van der Waals surface area contributed by atoms with Gasteiger partial charge in [-0.1, -0.05) is 60.7 Å². The van der Waals surface area contributed by atoms with Crippen molar-refractivity contribution >= 4 is 34.4 Å². The normalized spacial score (nSPS) is 11.7. The van der Waals surface area contributed by atoms with E-state index in [2.05, 4.69) is 10.6 Å². The van der Waals surface area contributed by atoms with Gasteiger partial charge in [0.1, 0.15) is 11.7 Å². The predicted octanol–water partition coefficient (Wildman–Crippen LogP) is 3.86. The summed E-state index contributed by atoms with van der Waals surface area (Å²) in [4.78, 5) is 37.7. The van der Waals surface area contributed by atoms with Crippen LogP contribution in [0.15, 0.2) is 84.9 Å². The number of amides is 2. The quantitative estimate of drug-likeness (QED) is 0.405. The second-order valence-corrected chi connectivity index (χ2v) is 7.70. The maximum Gasteiger partial charge on any atom is 0.326 e. The Morgan fingerprint density at radius 3 is 2.27 bits per heavy atom. The highest BCUT2D eigenvalue weighted by atomic mass is 16.4. The van der Waals surface area contributed by atoms with Crippen molar-refractivity contribution in [1.29, 1.82) is 0 Å². The molecule has 0 fully saturated rings. The third-order valence-electron chi connectivity index (χ3n) is 5.49. The van der Waals surface area contributed by atoms with Gasteiger partial charge in [0.2, 0.25) is 0 Å². The van der Waals surface area contributed by atoms with Crippen molar-refractivity contribution in [3.8, 4) is 0 Å². The van der Waals surface area contributed by atoms with E-state index in [1.165, 1.54) is 0 Å². The first-order valence-electron chi connectivity index (χ1n) is 10.5. The summed E-state index contributed by atoms with van der Waals surface area (Å²) in [7, 11) is 1.80. The number of anilines is 1. The Kier molecular flexibility index (Phi) is 6.22. The summed E-state index contributed by atoms with van der Waals surface area (Å²) < 4.78 is 1.79. The molecule has 7 nitrogen and oxygen atoms in total. The molecule has 0 aliphatic heterocycles. The van der Waals surface area contributed by atoms with Crippen LogP contribution in [0.3, 0.4) is 0 Å². The van der Waals surface area contributed by atoms with Gasteiger partial charge in [0, 0.05) is 24.4 Å². The zero-order valence-electron chi connectivity index (χ0n) is 18.0. The minimum atomic E-state index is -1.13. The molecule has 166 valence electrons. The van der Waals surface area contributed by atoms with E-state index in [0.29, 0.717) is 11.4 Å². The van der Waals surface area contributed by atoms with Crippen molar-refractivity contribution in [2.45, 2.75) is 12.5 Å². The van der Waals surface area contributed by atoms with Gasteiger partial charge in [-0.25, -0.2) is 4.79 Å². The first-order chi connectivity index (χ1) is 15.9. The monoisotopic (exact) mass is 441 g/mol. The number of aryl methyl sites for hydroxylation is 1. The standard InChI is InChI=1S/C26H23N3O4/c1-29-22-14-8-5-11-18(22)16-23(29)25(31)27-20-13-7-6-12-19(20)24(30)28-21(26(32)33)15-17-9-3-2-4-10-17/h2-14,16,21H,15H2,1H3,(H,27,31)(H,28,30)(H,32,33)/t21-/m0/s1. The Bertz CT molecular complexity index is 1330. The Morgan fingerprint density at radius 2 is 1.55 bits per heavy atom. The van der Waals surface area contributed by atoms with Gasteiger partial charge in [-0.15, -0.1) is 0 Å². The molecule has 1 atom stereocenters. The van der Waals surface area contributed by atoms with Crippen LogP contribution in [0.25, 0.3) is 10.9 Å². The van der Waals surface area contributed by atoms with Crippen molar-refractivity contribution < 1.29 is 19.5 Å². The minimum Gasteiger partial charge on any atom is -0.480 e. The molecule has 0 unspecified atom stereocenters. The van der Waals surface area contributed by atoms with Crippen LogP contribution in [-0.2, 0) is 18.3 Å². The summed E-state index contributed by atoms with van der Waals surface area (Å²) in [6, 6.07) is 23.9. The van der Waals surface area contributed by atoms with E-state index >= 15 is 0 Å². The van der Waals surface area contributed by atoms with Gasteiger partial charge < -0.3 is 20.3 Å². The number of carboxylic acid groups (broad SMARTS) is 1. The number of para-hydroxylation sites is 2. The van der Waals surface area contributed by atoms with Crippen molar-refractivity contribution in [3.63, 3.8) is 0 Å². The smallest absolute Gasteiger partial charge is 0.326 e. The maximum atomic E-state index is 13.0. The zero-order valence-corrected chi connectivity index (χ0v) is 18.0. The molecule has 0 saturated heterocycles. The molecule has 2 amide bonds. The maximum absolute atomic E-state index is 13.0. The van der Waals surface area contributed by atoms with Gasteiger partial charge in [0.25, 0.3) is 11.8 Å². The molecule has 0 spiro atoms. The first kappa shape index (κ1) is 21.8. The number of carbonyl (C=O) groups is 3. The molecule has 0 aliphatic rings. The van der Waals surface area contributed by atoms with Crippen LogP contribution in [0.2, 0.25) is 0 Å². The van der Waals surface area contributed by atoms with Gasteiger partial charge in [-0.3, -0.25) is 9.59 Å². The lowest BCUT2D eigenvalue weighted by Crippen LogP contribution is -2.42. The lowest BCUT2D eigenvalue weighted by atomic mass is 10.1. The number of aromatic nitrogens is 1. The molecule has 0 saturated carbocycles. The number of hydrogen-bond acceptors (Lipinski definition) is 3. The highest BCUT2D eigenvalue weighted by Crippen LogP contribution is 2.21. The minimum absolute atomic E-state index is 0.145. The lowest BCUT2D eigenvalue weighted by Gasteiger charge is -2.17. The zero-order chi connectivity index (χ0) is 23.4. The average Bonchev–Trinajstić information content (AvgIpc) is 3.16. The van der Waals surface area contributed by atoms with Crippen LogP contribution in [0.4, 0.5) is 5.69 Å². The van der Waals surface area contributed by atoms with E-state index in [9.17, 15) is 19.5 Å². The van der Waals surface area contributed by atoms with Crippen LogP contribution in [-0.4, -0.2) is 33.5 Å². The Morgan fingerprint density at radius 1 is 0.879 bits per heavy atom. The number of benzene rings is 3. The van der Waals surface area contributed by atoms with Crippen molar-refractivity contribution in [2.75, 3.05) is 5.32 Å². The molecule has 0 aliphatic carbocycles. The van der Waals surface area contributed by atoms with Gasteiger partial charge in [-0.2, -0.15) is 0 Å². The van der Waals surface area contributed by atoms with Crippen molar-refractivity contribution in [1.82, 2.24) is 9.88 Å². The predicted molar refractivity (Wildman–Crippen MR) is 126 cm³/mol. The molecular formula is C26H23N3O4. The number of rotatable bonds is 7. The summed E-state index contributed by atoms with van der Waals surface area (Å²) in [6.07, 6.45) is 0.145. The molecule has 3 N–H and O–H groups in total. The summed E-state index contributed by atoms with van der Waals surface area (Å²) in [6.45, 7) is 0. The summed E-state index contributed by atoms with van der Waals surface area (Å²) in [5.41, 5.74) is 2.64. The molecule has 4 rings (SSSR count). The molecule has 1 aromatic heterocycles. The highest BCUT2D eigenvalue weighted by Gasteiger charge is 2.23. The first-order valence-corrected chi connectivity index (χ1v) is 10.5. The van der Waals surface area contributed by atoms with Crippen LogP contribution in [0, 0.1) is 0 Å². The second kappa shape index (κ2) is 9.40. The number of carboxylic acids is 1. The van der Waals surface area contributed by atoms with E-state index in [-0.39, 0.29) is 17.9 Å². The fourth-order valence-electron chi connectivity index (χ4n) is 3.77. The second-order valence-electron chi connectivity index (χ2n) is 7.70. The van der Waals surface area contributed by atoms with E-state index in [1.54, 1.807) is 54.1 Å². The van der Waals surface area contributed by atoms with Gasteiger partial charge in [-0.05, 0) is 29.8 Å². The Labute approximate surface area is 190 Å². The molecule has 0 radical (unpaired) electrons. The van der Waals surface area contributed by atoms with Crippen LogP contribution in [0.1, 0.15) is 26.4 Å². The third kappa shape index (κ3) is 4.77. The number of carbonyl (C=O) groups excluding carboxylic acids is 2. The molecule has 4 aromatic rings. The van der Waals surface area contributed by atoms with Gasteiger partial charge >= 0.3 is 5.97 Å². The van der Waals surface area contributed by atoms with Crippen molar-refractivity contribution in [3.05, 3.63) is 102 Å². The van der Waals surface area contributed by atoms with E-state index in [4.69, 9.17) is 0 Å². The van der Waals surface area contributed by atoms with Crippen molar-refractivity contribution in [2.24, 2.45) is 7.05 Å². The van der Waals surface area contributed by atoms with Crippen LogP contribution >= 0.6 is 0 Å².